The molecule has 0 amide bonds. The van der Waals surface area contributed by atoms with E-state index in [0.29, 0.717) is 0 Å². The van der Waals surface area contributed by atoms with E-state index >= 15 is 0 Å². The van der Waals surface area contributed by atoms with Crippen LogP contribution in [0.4, 0.5) is 5.69 Å². The zero-order valence-corrected chi connectivity index (χ0v) is 21.2. The molecule has 0 atom stereocenters. The molecule has 1 aliphatic rings. The molecule has 0 saturated carbocycles. The fourth-order valence-electron chi connectivity index (χ4n) is 6.36. The van der Waals surface area contributed by atoms with Gasteiger partial charge in [0.15, 0.2) is 0 Å². The molecule has 0 unspecified atom stereocenters. The normalized spacial score (nSPS) is 13.4. The van der Waals surface area contributed by atoms with E-state index in [1.54, 1.807) is 0 Å². The number of anilines is 1. The van der Waals surface area contributed by atoms with Gasteiger partial charge in [-0.25, -0.2) is 0 Å². The van der Waals surface area contributed by atoms with Gasteiger partial charge in [-0.15, -0.1) is 0 Å². The van der Waals surface area contributed by atoms with Crippen LogP contribution < -0.4 is 4.90 Å². The average molecular weight is 468 g/mol. The van der Waals surface area contributed by atoms with Gasteiger partial charge in [-0.05, 0) is 69.1 Å². The molecule has 0 bridgehead atoms. The molecule has 6 rings (SSSR count). The summed E-state index contributed by atoms with van der Waals surface area (Å²) < 4.78 is 0. The van der Waals surface area contributed by atoms with Crippen molar-refractivity contribution in [3.05, 3.63) is 138 Å². The number of benzene rings is 5. The third kappa shape index (κ3) is 3.38. The average Bonchev–Trinajstić information content (AvgIpc) is 3.25. The highest BCUT2D eigenvalue weighted by molar-refractivity contribution is 6.00. The number of nitrogens with zero attached hydrogens (tertiary/aromatic N) is 1. The molecule has 178 valence electrons. The van der Waals surface area contributed by atoms with Gasteiger partial charge in [0.1, 0.15) is 0 Å². The smallest absolute Gasteiger partial charge is 0.0720 e. The molecule has 0 aromatic heterocycles. The highest BCUT2D eigenvalue weighted by atomic mass is 15.1. The first kappa shape index (κ1) is 22.6. The minimum Gasteiger partial charge on any atom is -0.372 e. The van der Waals surface area contributed by atoms with Crippen LogP contribution in [0.3, 0.4) is 0 Å². The van der Waals surface area contributed by atoms with Crippen LogP contribution in [0.5, 0.6) is 0 Å². The summed E-state index contributed by atoms with van der Waals surface area (Å²) in [4.78, 5) is 2.56. The Morgan fingerprint density at radius 2 is 1.17 bits per heavy atom. The Kier molecular flexibility index (Phi) is 5.85. The lowest BCUT2D eigenvalue weighted by Crippen LogP contribution is -2.30. The molecule has 36 heavy (non-hydrogen) atoms. The predicted molar refractivity (Wildman–Crippen MR) is 154 cm³/mol. The van der Waals surface area contributed by atoms with E-state index in [9.17, 15) is 0 Å². The van der Waals surface area contributed by atoms with Crippen molar-refractivity contribution in [2.75, 3.05) is 18.0 Å². The summed E-state index contributed by atoms with van der Waals surface area (Å²) in [6.07, 6.45) is 2.29. The number of hydrogen-bond donors (Lipinski definition) is 0. The van der Waals surface area contributed by atoms with Crippen LogP contribution in [0.2, 0.25) is 0 Å². The second kappa shape index (κ2) is 9.32. The fraction of sp³-hybridized carbons (Fsp3) is 0.200. The minimum atomic E-state index is -0.381. The van der Waals surface area contributed by atoms with E-state index in [-0.39, 0.29) is 5.41 Å². The summed E-state index contributed by atoms with van der Waals surface area (Å²) in [6, 6.07) is 43.0. The lowest BCUT2D eigenvalue weighted by Gasteiger charge is -2.35. The van der Waals surface area contributed by atoms with Crippen LogP contribution >= 0.6 is 0 Å². The van der Waals surface area contributed by atoms with Gasteiger partial charge < -0.3 is 4.90 Å². The van der Waals surface area contributed by atoms with Crippen molar-refractivity contribution in [2.24, 2.45) is 0 Å². The van der Waals surface area contributed by atoms with E-state index in [2.05, 4.69) is 134 Å². The van der Waals surface area contributed by atoms with Crippen molar-refractivity contribution in [1.29, 1.82) is 0 Å². The van der Waals surface area contributed by atoms with Gasteiger partial charge in [0.05, 0.1) is 5.41 Å². The van der Waals surface area contributed by atoms with E-state index in [1.165, 1.54) is 49.8 Å². The summed E-state index contributed by atoms with van der Waals surface area (Å²) >= 11 is 0. The molecule has 5 aromatic rings. The molecule has 0 N–H and O–H groups in total. The maximum Gasteiger partial charge on any atom is 0.0720 e. The summed E-state index contributed by atoms with van der Waals surface area (Å²) in [7, 11) is 0. The van der Waals surface area contributed by atoms with E-state index in [1.807, 2.05) is 0 Å². The first-order valence-electron chi connectivity index (χ1n) is 13.3. The number of rotatable bonds is 7. The molecular formula is C35H33N. The Morgan fingerprint density at radius 1 is 0.583 bits per heavy atom. The molecule has 0 radical (unpaired) electrons. The second-order valence-corrected chi connectivity index (χ2v) is 9.91. The predicted octanol–water partition coefficient (Wildman–Crippen LogP) is 8.83. The van der Waals surface area contributed by atoms with Crippen LogP contribution in [-0.4, -0.2) is 13.1 Å². The van der Waals surface area contributed by atoms with Crippen molar-refractivity contribution in [1.82, 2.24) is 0 Å². The van der Waals surface area contributed by atoms with Crippen molar-refractivity contribution in [3.8, 4) is 11.1 Å². The van der Waals surface area contributed by atoms with E-state index in [4.69, 9.17) is 0 Å². The molecule has 0 spiro atoms. The second-order valence-electron chi connectivity index (χ2n) is 9.91. The van der Waals surface area contributed by atoms with E-state index in [0.717, 1.165) is 25.9 Å². The first-order valence-corrected chi connectivity index (χ1v) is 13.3. The zero-order valence-electron chi connectivity index (χ0n) is 21.2. The van der Waals surface area contributed by atoms with Crippen molar-refractivity contribution in [2.45, 2.75) is 32.1 Å². The quantitative estimate of drug-likeness (QED) is 0.227. The monoisotopic (exact) mass is 467 g/mol. The minimum absolute atomic E-state index is 0.381. The Morgan fingerprint density at radius 3 is 1.81 bits per heavy atom. The third-order valence-electron chi connectivity index (χ3n) is 7.77. The first-order chi connectivity index (χ1) is 17.8. The molecule has 0 aliphatic heterocycles. The fourth-order valence-corrected chi connectivity index (χ4v) is 6.36. The van der Waals surface area contributed by atoms with Crippen LogP contribution in [-0.2, 0) is 5.41 Å². The molecule has 0 saturated heterocycles. The highest BCUT2D eigenvalue weighted by Crippen LogP contribution is 2.58. The van der Waals surface area contributed by atoms with Gasteiger partial charge in [0, 0.05) is 18.8 Å². The topological polar surface area (TPSA) is 3.24 Å². The summed E-state index contributed by atoms with van der Waals surface area (Å²) in [6.45, 7) is 6.70. The molecule has 5 aromatic carbocycles. The maximum absolute atomic E-state index is 2.56. The lowest BCUT2D eigenvalue weighted by atomic mass is 9.66. The molecule has 0 fully saturated rings. The largest absolute Gasteiger partial charge is 0.372 e. The van der Waals surface area contributed by atoms with Crippen LogP contribution in [0.1, 0.15) is 48.9 Å². The molecule has 0 heterocycles. The Labute approximate surface area is 215 Å². The van der Waals surface area contributed by atoms with Gasteiger partial charge in [-0.3, -0.25) is 0 Å². The summed E-state index contributed by atoms with van der Waals surface area (Å²) in [5.74, 6) is 0. The van der Waals surface area contributed by atoms with Gasteiger partial charge in [0.25, 0.3) is 0 Å². The molecule has 1 aliphatic carbocycles. The van der Waals surface area contributed by atoms with E-state index < -0.39 is 0 Å². The zero-order chi connectivity index (χ0) is 24.5. The van der Waals surface area contributed by atoms with Crippen LogP contribution in [0, 0.1) is 0 Å². The molecule has 1 nitrogen and oxygen atoms in total. The summed E-state index contributed by atoms with van der Waals surface area (Å²) in [5, 5.41) is 2.62. The third-order valence-corrected chi connectivity index (χ3v) is 7.77. The standard InChI is InChI=1S/C35H33N/c1-3-23-36(24-4-2)29-20-22-31-32-21-19-26-13-11-12-18-30(26)34(32)35(33(31)25-29,27-14-7-5-8-15-27)28-16-9-6-10-17-28/h5-22,25H,3-4,23-24H2,1-2H3. The van der Waals surface area contributed by atoms with Crippen molar-refractivity contribution in [3.63, 3.8) is 0 Å². The van der Waals surface area contributed by atoms with Crippen LogP contribution in [0.25, 0.3) is 21.9 Å². The SMILES string of the molecule is CCCN(CCC)c1ccc2c(c1)C(c1ccccc1)(c1ccccc1)c1c-2ccc2ccccc12. The molecular weight excluding hydrogens is 434 g/mol. The maximum atomic E-state index is 2.56. The van der Waals surface area contributed by atoms with Gasteiger partial charge in [0.2, 0.25) is 0 Å². The van der Waals surface area contributed by atoms with Gasteiger partial charge in [-0.2, -0.15) is 0 Å². The summed E-state index contributed by atoms with van der Waals surface area (Å²) in [5.41, 5.74) is 9.08. The highest BCUT2D eigenvalue weighted by Gasteiger charge is 2.47. The van der Waals surface area contributed by atoms with Gasteiger partial charge in [-0.1, -0.05) is 117 Å². The Balaban J connectivity index is 1.76. The van der Waals surface area contributed by atoms with Crippen LogP contribution in [0.15, 0.2) is 115 Å². The van der Waals surface area contributed by atoms with Gasteiger partial charge >= 0.3 is 0 Å². The Hall–Kier alpha value is -3.84. The number of fused-ring (bicyclic) bond motifs is 5. The lowest BCUT2D eigenvalue weighted by molar-refractivity contribution is 0.739. The molecule has 1 heteroatoms. The van der Waals surface area contributed by atoms with Crippen molar-refractivity contribution < 1.29 is 0 Å². The number of hydrogen-bond acceptors (Lipinski definition) is 1. The Bertz CT molecular complexity index is 1460. The van der Waals surface area contributed by atoms with Crippen molar-refractivity contribution >= 4 is 16.5 Å².